The van der Waals surface area contributed by atoms with Gasteiger partial charge in [0.05, 0.1) is 6.61 Å². The van der Waals surface area contributed by atoms with Gasteiger partial charge >= 0.3 is 12.1 Å². The molecule has 88 valence electrons. The molecule has 15 heavy (non-hydrogen) atoms. The van der Waals surface area contributed by atoms with Gasteiger partial charge in [-0.25, -0.2) is 9.59 Å². The number of hydrogen-bond donors (Lipinski definition) is 1. The van der Waals surface area contributed by atoms with E-state index >= 15 is 0 Å². The minimum atomic E-state index is -0.752. The summed E-state index contributed by atoms with van der Waals surface area (Å²) in [6, 6.07) is -0.978. The van der Waals surface area contributed by atoms with E-state index in [0.29, 0.717) is 6.61 Å². The van der Waals surface area contributed by atoms with E-state index in [-0.39, 0.29) is 6.07 Å². The number of nitrogens with one attached hydrogen (secondary N) is 1. The largest absolute Gasteiger partial charge is 0.450 e. The van der Waals surface area contributed by atoms with Crippen LogP contribution >= 0.6 is 11.6 Å². The Kier molecular flexibility index (Phi) is 7.81. The van der Waals surface area contributed by atoms with Crippen molar-refractivity contribution in [2.75, 3.05) is 12.7 Å². The fourth-order valence-corrected chi connectivity index (χ4v) is 0.873. The standard InChI is InChI=1S/C9H16ClNO4/c1-3-4-5-14-9(13)11-7(2)8(12)15-6-10/h7H,3-6H2,1-2H3,(H,11,13). The summed E-state index contributed by atoms with van der Waals surface area (Å²) in [4.78, 5) is 22.1. The van der Waals surface area contributed by atoms with Crippen molar-refractivity contribution in [2.45, 2.75) is 32.7 Å². The molecule has 6 heteroatoms. The van der Waals surface area contributed by atoms with Crippen LogP contribution in [0, 0.1) is 0 Å². The SMILES string of the molecule is CCCCOC(=O)NC(C)C(=O)OCCl. The predicted molar refractivity (Wildman–Crippen MR) is 55.7 cm³/mol. The molecule has 0 aliphatic rings. The van der Waals surface area contributed by atoms with E-state index in [0.717, 1.165) is 12.8 Å². The number of unbranched alkanes of at least 4 members (excludes halogenated alkanes) is 1. The Morgan fingerprint density at radius 3 is 2.60 bits per heavy atom. The van der Waals surface area contributed by atoms with Crippen LogP contribution in [-0.2, 0) is 14.3 Å². The highest BCUT2D eigenvalue weighted by Crippen LogP contribution is 1.93. The molecule has 0 aromatic heterocycles. The predicted octanol–water partition coefficient (Wildman–Crippen LogP) is 1.64. The maximum Gasteiger partial charge on any atom is 0.407 e. The first-order chi connectivity index (χ1) is 7.11. The fourth-order valence-electron chi connectivity index (χ4n) is 0.765. The molecule has 0 heterocycles. The van der Waals surface area contributed by atoms with Crippen molar-refractivity contribution in [3.05, 3.63) is 0 Å². The molecule has 0 bridgehead atoms. The third kappa shape index (κ3) is 7.02. The number of rotatable bonds is 6. The van der Waals surface area contributed by atoms with Crippen LogP contribution < -0.4 is 5.32 Å². The molecule has 0 aromatic carbocycles. The third-order valence-electron chi connectivity index (χ3n) is 1.62. The molecule has 0 radical (unpaired) electrons. The molecule has 0 rings (SSSR count). The zero-order chi connectivity index (χ0) is 11.7. The molecule has 0 aromatic rings. The molecule has 0 saturated heterocycles. The number of halogens is 1. The Morgan fingerprint density at radius 2 is 2.07 bits per heavy atom. The van der Waals surface area contributed by atoms with Gasteiger partial charge in [-0.2, -0.15) is 0 Å². The van der Waals surface area contributed by atoms with Crippen LogP contribution in [0.3, 0.4) is 0 Å². The Hall–Kier alpha value is -0.970. The highest BCUT2D eigenvalue weighted by molar-refractivity contribution is 6.17. The summed E-state index contributed by atoms with van der Waals surface area (Å²) in [6.07, 6.45) is 1.12. The van der Waals surface area contributed by atoms with Crippen molar-refractivity contribution >= 4 is 23.7 Å². The van der Waals surface area contributed by atoms with Crippen LogP contribution in [0.4, 0.5) is 4.79 Å². The molecule has 1 unspecified atom stereocenters. The molecule has 0 fully saturated rings. The Labute approximate surface area is 94.1 Å². The van der Waals surface area contributed by atoms with Crippen LogP contribution in [0.15, 0.2) is 0 Å². The second-order valence-corrected chi connectivity index (χ2v) is 3.15. The van der Waals surface area contributed by atoms with Crippen LogP contribution in [0.5, 0.6) is 0 Å². The average molecular weight is 238 g/mol. The zero-order valence-corrected chi connectivity index (χ0v) is 9.67. The molecular weight excluding hydrogens is 222 g/mol. The van der Waals surface area contributed by atoms with Crippen molar-refractivity contribution in [1.82, 2.24) is 5.32 Å². The van der Waals surface area contributed by atoms with Crippen LogP contribution in [0.1, 0.15) is 26.7 Å². The van der Waals surface area contributed by atoms with E-state index < -0.39 is 18.1 Å². The molecule has 1 atom stereocenters. The van der Waals surface area contributed by atoms with Crippen molar-refractivity contribution in [2.24, 2.45) is 0 Å². The first kappa shape index (κ1) is 14.0. The fraction of sp³-hybridized carbons (Fsp3) is 0.778. The van der Waals surface area contributed by atoms with Crippen molar-refractivity contribution < 1.29 is 19.1 Å². The molecular formula is C9H16ClNO4. The van der Waals surface area contributed by atoms with Gasteiger partial charge in [0.15, 0.2) is 6.07 Å². The van der Waals surface area contributed by atoms with Crippen molar-refractivity contribution in [3.8, 4) is 0 Å². The van der Waals surface area contributed by atoms with Crippen LogP contribution in [0.25, 0.3) is 0 Å². The second-order valence-electron chi connectivity index (χ2n) is 2.93. The molecule has 0 aliphatic heterocycles. The highest BCUT2D eigenvalue weighted by atomic mass is 35.5. The quantitative estimate of drug-likeness (QED) is 0.433. The summed E-state index contributed by atoms with van der Waals surface area (Å²) in [5.41, 5.74) is 0. The van der Waals surface area contributed by atoms with Gasteiger partial charge < -0.3 is 14.8 Å². The highest BCUT2D eigenvalue weighted by Gasteiger charge is 2.16. The number of hydrogen-bond acceptors (Lipinski definition) is 4. The molecule has 0 saturated carbocycles. The van der Waals surface area contributed by atoms with Gasteiger partial charge in [-0.05, 0) is 13.3 Å². The number of carbonyl (C=O) groups is 2. The summed E-state index contributed by atoms with van der Waals surface area (Å²) in [7, 11) is 0. The van der Waals surface area contributed by atoms with E-state index in [1.165, 1.54) is 6.92 Å². The summed E-state index contributed by atoms with van der Waals surface area (Å²) >= 11 is 5.19. The Bertz CT molecular complexity index is 210. The second kappa shape index (κ2) is 8.35. The lowest BCUT2D eigenvalue weighted by Crippen LogP contribution is -2.39. The van der Waals surface area contributed by atoms with Crippen molar-refractivity contribution in [3.63, 3.8) is 0 Å². The number of amides is 1. The monoisotopic (exact) mass is 237 g/mol. The molecule has 0 aliphatic carbocycles. The molecule has 0 spiro atoms. The maximum atomic E-state index is 11.1. The van der Waals surface area contributed by atoms with E-state index in [1.54, 1.807) is 0 Å². The topological polar surface area (TPSA) is 64.6 Å². The van der Waals surface area contributed by atoms with Gasteiger partial charge in [0.25, 0.3) is 0 Å². The summed E-state index contributed by atoms with van der Waals surface area (Å²) < 4.78 is 9.28. The van der Waals surface area contributed by atoms with E-state index in [9.17, 15) is 9.59 Å². The first-order valence-electron chi connectivity index (χ1n) is 4.77. The summed E-state index contributed by atoms with van der Waals surface area (Å²) in [5, 5.41) is 2.33. The van der Waals surface area contributed by atoms with E-state index in [1.807, 2.05) is 6.92 Å². The lowest BCUT2D eigenvalue weighted by Gasteiger charge is -2.12. The van der Waals surface area contributed by atoms with Gasteiger partial charge in [-0.15, -0.1) is 0 Å². The summed E-state index contributed by atoms with van der Waals surface area (Å²) in [6.45, 7) is 3.83. The number of ether oxygens (including phenoxy) is 2. The third-order valence-corrected chi connectivity index (χ3v) is 1.72. The van der Waals surface area contributed by atoms with Crippen LogP contribution in [-0.4, -0.2) is 30.8 Å². The smallest absolute Gasteiger partial charge is 0.407 e. The van der Waals surface area contributed by atoms with Gasteiger partial charge in [0.1, 0.15) is 6.04 Å². The Morgan fingerprint density at radius 1 is 1.40 bits per heavy atom. The minimum Gasteiger partial charge on any atom is -0.450 e. The lowest BCUT2D eigenvalue weighted by molar-refractivity contribution is -0.143. The number of esters is 1. The van der Waals surface area contributed by atoms with Crippen LogP contribution in [0.2, 0.25) is 0 Å². The number of alkyl halides is 1. The zero-order valence-electron chi connectivity index (χ0n) is 8.92. The van der Waals surface area contributed by atoms with E-state index in [2.05, 4.69) is 10.1 Å². The lowest BCUT2D eigenvalue weighted by atomic mass is 10.3. The molecule has 5 nitrogen and oxygen atoms in total. The number of alkyl carbamates (subject to hydrolysis) is 1. The first-order valence-corrected chi connectivity index (χ1v) is 5.31. The van der Waals surface area contributed by atoms with Gasteiger partial charge in [0, 0.05) is 0 Å². The Balaban J connectivity index is 3.70. The molecule has 1 N–H and O–H groups in total. The normalized spacial score (nSPS) is 11.7. The van der Waals surface area contributed by atoms with Gasteiger partial charge in [-0.3, -0.25) is 0 Å². The van der Waals surface area contributed by atoms with Gasteiger partial charge in [-0.1, -0.05) is 24.9 Å². The summed E-state index contributed by atoms with van der Waals surface area (Å²) in [5.74, 6) is -0.586. The van der Waals surface area contributed by atoms with E-state index in [4.69, 9.17) is 16.3 Å². The number of carbonyl (C=O) groups excluding carboxylic acids is 2. The maximum absolute atomic E-state index is 11.1. The molecule has 1 amide bonds. The minimum absolute atomic E-state index is 0.226. The average Bonchev–Trinajstić information content (AvgIpc) is 2.18. The van der Waals surface area contributed by atoms with Crippen molar-refractivity contribution in [1.29, 1.82) is 0 Å². The van der Waals surface area contributed by atoms with Gasteiger partial charge in [0.2, 0.25) is 0 Å².